The lowest BCUT2D eigenvalue weighted by atomic mass is 10.2. The van der Waals surface area contributed by atoms with Crippen LogP contribution in [0.5, 0.6) is 5.75 Å². The summed E-state index contributed by atoms with van der Waals surface area (Å²) in [6.07, 6.45) is 0.913. The molecule has 0 spiro atoms. The number of methoxy groups -OCH3 is 1. The molecule has 0 unspecified atom stereocenters. The van der Waals surface area contributed by atoms with Crippen molar-refractivity contribution in [1.29, 1.82) is 0 Å². The van der Waals surface area contributed by atoms with E-state index < -0.39 is 5.91 Å². The summed E-state index contributed by atoms with van der Waals surface area (Å²) in [6, 6.07) is 7.32. The van der Waals surface area contributed by atoms with Crippen LogP contribution in [0.4, 0.5) is 0 Å². The highest BCUT2D eigenvalue weighted by Crippen LogP contribution is 2.13. The van der Waals surface area contributed by atoms with E-state index in [0.717, 1.165) is 11.3 Å². The minimum absolute atomic E-state index is 0.0879. The van der Waals surface area contributed by atoms with Crippen LogP contribution in [0.3, 0.4) is 0 Å². The van der Waals surface area contributed by atoms with Crippen molar-refractivity contribution in [2.75, 3.05) is 20.2 Å². The molecule has 4 N–H and O–H groups in total. The highest BCUT2D eigenvalue weighted by molar-refractivity contribution is 5.83. The van der Waals surface area contributed by atoms with E-state index >= 15 is 0 Å². The second-order valence-corrected chi connectivity index (χ2v) is 4.46. The van der Waals surface area contributed by atoms with Gasteiger partial charge in [0.15, 0.2) is 0 Å². The van der Waals surface area contributed by atoms with Crippen molar-refractivity contribution in [2.45, 2.75) is 19.4 Å². The summed E-state index contributed by atoms with van der Waals surface area (Å²) in [5.74, 6) is 0.0920. The van der Waals surface area contributed by atoms with Crippen LogP contribution in [0.2, 0.25) is 0 Å². The van der Waals surface area contributed by atoms with Gasteiger partial charge in [0.25, 0.3) is 0 Å². The summed E-state index contributed by atoms with van der Waals surface area (Å²) in [5.41, 5.74) is 11.5. The largest absolute Gasteiger partial charge is 0.497 e. The van der Waals surface area contributed by atoms with Gasteiger partial charge >= 0.3 is 0 Å². The van der Waals surface area contributed by atoms with Gasteiger partial charge in [0, 0.05) is 13.0 Å². The van der Waals surface area contributed by atoms with E-state index in [0.29, 0.717) is 25.9 Å². The predicted molar refractivity (Wildman–Crippen MR) is 75.9 cm³/mol. The molecule has 0 fully saturated rings. The Hall–Kier alpha value is -2.08. The van der Waals surface area contributed by atoms with Crippen molar-refractivity contribution >= 4 is 11.8 Å². The molecule has 1 rings (SSSR count). The highest BCUT2D eigenvalue weighted by atomic mass is 16.5. The Balaban J connectivity index is 2.71. The van der Waals surface area contributed by atoms with Gasteiger partial charge in [-0.2, -0.15) is 0 Å². The van der Waals surface area contributed by atoms with Crippen LogP contribution in [0.1, 0.15) is 18.4 Å². The lowest BCUT2D eigenvalue weighted by Crippen LogP contribution is -2.38. The van der Waals surface area contributed by atoms with E-state index in [1.54, 1.807) is 7.11 Å². The number of ether oxygens (including phenoxy) is 1. The average Bonchev–Trinajstić information content (AvgIpc) is 2.44. The van der Waals surface area contributed by atoms with Gasteiger partial charge in [-0.25, -0.2) is 0 Å². The Labute approximate surface area is 118 Å². The summed E-state index contributed by atoms with van der Waals surface area (Å²) in [5, 5.41) is 0. The Morgan fingerprint density at radius 1 is 1.25 bits per heavy atom. The van der Waals surface area contributed by atoms with E-state index in [9.17, 15) is 9.59 Å². The van der Waals surface area contributed by atoms with E-state index in [4.69, 9.17) is 16.2 Å². The van der Waals surface area contributed by atoms with E-state index in [2.05, 4.69) is 0 Å². The molecule has 0 aliphatic carbocycles. The minimum Gasteiger partial charge on any atom is -0.497 e. The molecule has 1 aromatic rings. The van der Waals surface area contributed by atoms with Crippen LogP contribution in [0.15, 0.2) is 24.3 Å². The lowest BCUT2D eigenvalue weighted by Gasteiger charge is -2.21. The Morgan fingerprint density at radius 3 is 2.40 bits per heavy atom. The minimum atomic E-state index is -0.528. The molecule has 6 nitrogen and oxygen atoms in total. The Bertz CT molecular complexity index is 445. The fourth-order valence-electron chi connectivity index (χ4n) is 1.78. The van der Waals surface area contributed by atoms with Crippen molar-refractivity contribution in [3.63, 3.8) is 0 Å². The molecule has 6 heteroatoms. The maximum absolute atomic E-state index is 12.0. The number of carbonyl (C=O) groups is 2. The zero-order valence-corrected chi connectivity index (χ0v) is 11.7. The molecule has 0 aliphatic rings. The third kappa shape index (κ3) is 5.27. The third-order valence-corrected chi connectivity index (χ3v) is 2.83. The summed E-state index contributed by atoms with van der Waals surface area (Å²) >= 11 is 0. The fraction of sp³-hybridized carbons (Fsp3) is 0.429. The van der Waals surface area contributed by atoms with Crippen LogP contribution in [-0.2, 0) is 16.1 Å². The lowest BCUT2D eigenvalue weighted by molar-refractivity contribution is -0.135. The molecule has 0 aromatic heterocycles. The van der Waals surface area contributed by atoms with Crippen LogP contribution in [0.25, 0.3) is 0 Å². The van der Waals surface area contributed by atoms with Crippen LogP contribution in [0, 0.1) is 0 Å². The van der Waals surface area contributed by atoms with Crippen molar-refractivity contribution in [3.8, 4) is 5.75 Å². The molecule has 0 radical (unpaired) electrons. The van der Waals surface area contributed by atoms with Crippen molar-refractivity contribution in [2.24, 2.45) is 11.5 Å². The fourth-order valence-corrected chi connectivity index (χ4v) is 1.78. The van der Waals surface area contributed by atoms with Gasteiger partial charge in [-0.3, -0.25) is 9.59 Å². The zero-order chi connectivity index (χ0) is 15.0. The molecular weight excluding hydrogens is 258 g/mol. The second kappa shape index (κ2) is 8.16. The number of primary amides is 1. The Kier molecular flexibility index (Phi) is 6.52. The molecule has 0 bridgehead atoms. The maximum Gasteiger partial charge on any atom is 0.237 e. The molecule has 110 valence electrons. The van der Waals surface area contributed by atoms with Crippen molar-refractivity contribution in [3.05, 3.63) is 29.8 Å². The Morgan fingerprint density at radius 2 is 1.90 bits per heavy atom. The van der Waals surface area contributed by atoms with Crippen LogP contribution in [-0.4, -0.2) is 36.9 Å². The monoisotopic (exact) mass is 279 g/mol. The molecule has 0 aliphatic heterocycles. The number of nitrogens with two attached hydrogens (primary N) is 2. The summed E-state index contributed by atoms with van der Waals surface area (Å²) < 4.78 is 5.07. The van der Waals surface area contributed by atoms with Gasteiger partial charge < -0.3 is 21.1 Å². The first-order valence-corrected chi connectivity index (χ1v) is 6.46. The topological polar surface area (TPSA) is 98.6 Å². The van der Waals surface area contributed by atoms with E-state index in [1.807, 2.05) is 24.3 Å². The molecule has 2 amide bonds. The average molecular weight is 279 g/mol. The molecule has 1 aromatic carbocycles. The van der Waals surface area contributed by atoms with Crippen LogP contribution < -0.4 is 16.2 Å². The van der Waals surface area contributed by atoms with Gasteiger partial charge in [0.1, 0.15) is 5.75 Å². The molecule has 0 heterocycles. The van der Waals surface area contributed by atoms with Crippen molar-refractivity contribution in [1.82, 2.24) is 4.90 Å². The zero-order valence-electron chi connectivity index (χ0n) is 11.7. The summed E-state index contributed by atoms with van der Waals surface area (Å²) in [4.78, 5) is 24.5. The smallest absolute Gasteiger partial charge is 0.237 e. The first-order valence-electron chi connectivity index (χ1n) is 6.46. The first-order chi connectivity index (χ1) is 9.56. The number of rotatable bonds is 8. The van der Waals surface area contributed by atoms with Gasteiger partial charge in [-0.15, -0.1) is 0 Å². The van der Waals surface area contributed by atoms with Crippen LogP contribution >= 0.6 is 0 Å². The summed E-state index contributed by atoms with van der Waals surface area (Å²) in [6.45, 7) is 0.699. The second-order valence-electron chi connectivity index (χ2n) is 4.46. The molecule has 0 saturated carbocycles. The number of hydrogen-bond donors (Lipinski definition) is 2. The molecule has 0 saturated heterocycles. The van der Waals surface area contributed by atoms with Crippen molar-refractivity contribution < 1.29 is 14.3 Å². The first kappa shape index (κ1) is 16.0. The molecular formula is C14H21N3O3. The normalized spacial score (nSPS) is 10.1. The predicted octanol–water partition coefficient (Wildman–Crippen LogP) is 0.248. The van der Waals surface area contributed by atoms with E-state index in [-0.39, 0.29) is 12.5 Å². The third-order valence-electron chi connectivity index (χ3n) is 2.83. The SMILES string of the molecule is COc1ccc(CN(CC(N)=O)C(=O)CCCN)cc1. The maximum atomic E-state index is 12.0. The quantitative estimate of drug-likeness (QED) is 0.712. The number of amides is 2. The highest BCUT2D eigenvalue weighted by Gasteiger charge is 2.15. The van der Waals surface area contributed by atoms with Gasteiger partial charge in [0.05, 0.1) is 13.7 Å². The number of hydrogen-bond acceptors (Lipinski definition) is 4. The van der Waals surface area contributed by atoms with Gasteiger partial charge in [-0.1, -0.05) is 12.1 Å². The molecule has 0 atom stereocenters. The number of carbonyl (C=O) groups excluding carboxylic acids is 2. The number of nitrogens with zero attached hydrogens (tertiary/aromatic N) is 1. The molecule has 20 heavy (non-hydrogen) atoms. The number of benzene rings is 1. The summed E-state index contributed by atoms with van der Waals surface area (Å²) in [7, 11) is 1.59. The standard InChI is InChI=1S/C14H21N3O3/c1-20-12-6-4-11(5-7-12)9-17(10-13(16)18)14(19)3-2-8-15/h4-7H,2-3,8-10,15H2,1H3,(H2,16,18). The van der Waals surface area contributed by atoms with Gasteiger partial charge in [0.2, 0.25) is 11.8 Å². The van der Waals surface area contributed by atoms with E-state index in [1.165, 1.54) is 4.90 Å². The van der Waals surface area contributed by atoms with Gasteiger partial charge in [-0.05, 0) is 30.7 Å².